The van der Waals surface area contributed by atoms with Crippen LogP contribution in [0.5, 0.6) is 0 Å². The summed E-state index contributed by atoms with van der Waals surface area (Å²) in [6.45, 7) is 1.07. The van der Waals surface area contributed by atoms with Gasteiger partial charge in [0.15, 0.2) is 4.67 Å². The van der Waals surface area contributed by atoms with Crippen molar-refractivity contribution >= 4 is 26.0 Å². The SMILES string of the molecule is NCc1cc(S(=O)(=O)N2CC=CCC2)c(Br)o1. The highest BCUT2D eigenvalue weighted by Gasteiger charge is 2.29. The van der Waals surface area contributed by atoms with Crippen LogP contribution in [0.25, 0.3) is 0 Å². The number of nitrogens with two attached hydrogens (primary N) is 1. The van der Waals surface area contributed by atoms with E-state index in [4.69, 9.17) is 10.2 Å². The van der Waals surface area contributed by atoms with Gasteiger partial charge in [0.25, 0.3) is 0 Å². The van der Waals surface area contributed by atoms with Crippen LogP contribution in [-0.2, 0) is 16.6 Å². The molecule has 0 aliphatic carbocycles. The van der Waals surface area contributed by atoms with E-state index >= 15 is 0 Å². The number of furan rings is 1. The Kier molecular flexibility index (Phi) is 3.72. The third-order valence-corrected chi connectivity index (χ3v) is 5.27. The van der Waals surface area contributed by atoms with E-state index in [2.05, 4.69) is 15.9 Å². The van der Waals surface area contributed by atoms with Gasteiger partial charge in [-0.15, -0.1) is 0 Å². The second-order valence-corrected chi connectivity index (χ2v) is 6.30. The second-order valence-electron chi connectivity index (χ2n) is 3.68. The summed E-state index contributed by atoms with van der Waals surface area (Å²) in [5.74, 6) is 0.447. The molecule has 0 saturated carbocycles. The molecule has 17 heavy (non-hydrogen) atoms. The van der Waals surface area contributed by atoms with E-state index in [-0.39, 0.29) is 16.1 Å². The van der Waals surface area contributed by atoms with Gasteiger partial charge in [0.05, 0.1) is 6.54 Å². The zero-order valence-electron chi connectivity index (χ0n) is 9.10. The Morgan fingerprint density at radius 3 is 2.76 bits per heavy atom. The normalized spacial score (nSPS) is 17.5. The Hall–Kier alpha value is -0.630. The average Bonchev–Trinajstić information content (AvgIpc) is 2.72. The van der Waals surface area contributed by atoms with Crippen molar-refractivity contribution in [2.24, 2.45) is 5.73 Å². The molecule has 0 fully saturated rings. The van der Waals surface area contributed by atoms with Crippen LogP contribution in [0.15, 0.2) is 32.2 Å². The third-order valence-electron chi connectivity index (χ3n) is 2.55. The molecule has 0 aromatic carbocycles. The zero-order chi connectivity index (χ0) is 12.5. The summed E-state index contributed by atoms with van der Waals surface area (Å²) in [6.07, 6.45) is 4.55. The van der Waals surface area contributed by atoms with Gasteiger partial charge in [0.2, 0.25) is 10.0 Å². The van der Waals surface area contributed by atoms with Crippen molar-refractivity contribution in [1.29, 1.82) is 0 Å². The lowest BCUT2D eigenvalue weighted by Gasteiger charge is -2.21. The van der Waals surface area contributed by atoms with Crippen LogP contribution in [0.1, 0.15) is 12.2 Å². The van der Waals surface area contributed by atoms with Gasteiger partial charge in [-0.25, -0.2) is 8.42 Å². The third kappa shape index (κ3) is 2.47. The van der Waals surface area contributed by atoms with Crippen LogP contribution >= 0.6 is 15.9 Å². The average molecular weight is 321 g/mol. The first-order valence-electron chi connectivity index (χ1n) is 5.19. The maximum Gasteiger partial charge on any atom is 0.247 e. The van der Waals surface area contributed by atoms with E-state index in [0.717, 1.165) is 6.42 Å². The summed E-state index contributed by atoms with van der Waals surface area (Å²) in [5, 5.41) is 0. The van der Waals surface area contributed by atoms with Crippen LogP contribution in [0.4, 0.5) is 0 Å². The van der Waals surface area contributed by atoms with Gasteiger partial charge in [0, 0.05) is 19.2 Å². The smallest absolute Gasteiger partial charge is 0.247 e. The van der Waals surface area contributed by atoms with Crippen molar-refractivity contribution in [3.63, 3.8) is 0 Å². The summed E-state index contributed by atoms with van der Waals surface area (Å²) in [7, 11) is -3.50. The largest absolute Gasteiger partial charge is 0.452 e. The van der Waals surface area contributed by atoms with Gasteiger partial charge in [-0.2, -0.15) is 4.31 Å². The minimum absolute atomic E-state index is 0.147. The fourth-order valence-corrected chi connectivity index (χ4v) is 4.02. The quantitative estimate of drug-likeness (QED) is 0.855. The number of sulfonamides is 1. The highest BCUT2D eigenvalue weighted by molar-refractivity contribution is 9.10. The highest BCUT2D eigenvalue weighted by atomic mass is 79.9. The monoisotopic (exact) mass is 320 g/mol. The molecule has 1 aromatic heterocycles. The van der Waals surface area contributed by atoms with E-state index in [1.54, 1.807) is 0 Å². The Bertz CT molecular complexity index is 536. The van der Waals surface area contributed by atoms with E-state index in [1.165, 1.54) is 10.4 Å². The number of rotatable bonds is 3. The van der Waals surface area contributed by atoms with Crippen molar-refractivity contribution in [1.82, 2.24) is 4.31 Å². The van der Waals surface area contributed by atoms with Gasteiger partial charge in [0.1, 0.15) is 10.7 Å². The summed E-state index contributed by atoms with van der Waals surface area (Å²) in [4.78, 5) is 0.147. The Labute approximate surface area is 108 Å². The predicted octanol–water partition coefficient (Wildman–Crippen LogP) is 1.45. The van der Waals surface area contributed by atoms with Crippen LogP contribution in [-0.4, -0.2) is 25.8 Å². The lowest BCUT2D eigenvalue weighted by molar-refractivity contribution is 0.433. The molecule has 0 radical (unpaired) electrons. The topological polar surface area (TPSA) is 76.5 Å². The molecule has 1 aliphatic heterocycles. The first-order valence-corrected chi connectivity index (χ1v) is 7.42. The Morgan fingerprint density at radius 1 is 1.47 bits per heavy atom. The van der Waals surface area contributed by atoms with E-state index in [9.17, 15) is 8.42 Å². The van der Waals surface area contributed by atoms with Gasteiger partial charge < -0.3 is 10.2 Å². The highest BCUT2D eigenvalue weighted by Crippen LogP contribution is 2.29. The maximum absolute atomic E-state index is 12.3. The van der Waals surface area contributed by atoms with Crippen molar-refractivity contribution in [3.8, 4) is 0 Å². The molecule has 94 valence electrons. The fourth-order valence-electron chi connectivity index (χ4n) is 1.65. The van der Waals surface area contributed by atoms with E-state index < -0.39 is 10.0 Å². The molecule has 2 N–H and O–H groups in total. The molecule has 0 atom stereocenters. The Morgan fingerprint density at radius 2 is 2.24 bits per heavy atom. The van der Waals surface area contributed by atoms with Crippen LogP contribution in [0.2, 0.25) is 0 Å². The summed E-state index contributed by atoms with van der Waals surface area (Å²) >= 11 is 3.11. The standard InChI is InChI=1S/C10H13BrN2O3S/c11-10-9(6-8(7-12)16-10)17(14,15)13-4-2-1-3-5-13/h1-2,6H,3-5,7,12H2. The second kappa shape index (κ2) is 4.93. The van der Waals surface area contributed by atoms with Crippen molar-refractivity contribution in [3.05, 3.63) is 28.6 Å². The predicted molar refractivity (Wildman–Crippen MR) is 66.8 cm³/mol. The van der Waals surface area contributed by atoms with Crippen LogP contribution in [0, 0.1) is 0 Å². The first-order chi connectivity index (χ1) is 8.05. The first kappa shape index (κ1) is 12.8. The fraction of sp³-hybridized carbons (Fsp3) is 0.400. The summed E-state index contributed by atoms with van der Waals surface area (Å²) in [6, 6.07) is 1.47. The van der Waals surface area contributed by atoms with Crippen molar-refractivity contribution in [2.75, 3.05) is 13.1 Å². The van der Waals surface area contributed by atoms with Gasteiger partial charge in [-0.1, -0.05) is 12.2 Å². The maximum atomic E-state index is 12.3. The molecular formula is C10H13BrN2O3S. The Balaban J connectivity index is 2.36. The molecule has 2 heterocycles. The molecule has 0 bridgehead atoms. The molecule has 0 unspecified atom stereocenters. The molecule has 0 saturated heterocycles. The number of halogens is 1. The number of nitrogens with zero attached hydrogens (tertiary/aromatic N) is 1. The molecule has 5 nitrogen and oxygen atoms in total. The molecule has 0 spiro atoms. The lowest BCUT2D eigenvalue weighted by Crippen LogP contribution is -2.33. The molecule has 1 aromatic rings. The number of hydrogen-bond acceptors (Lipinski definition) is 4. The molecular weight excluding hydrogens is 308 g/mol. The van der Waals surface area contributed by atoms with Crippen LogP contribution < -0.4 is 5.73 Å². The molecule has 2 rings (SSSR count). The summed E-state index contributed by atoms with van der Waals surface area (Å²) < 4.78 is 31.4. The van der Waals surface area contributed by atoms with E-state index in [0.29, 0.717) is 18.8 Å². The van der Waals surface area contributed by atoms with Crippen molar-refractivity contribution in [2.45, 2.75) is 17.9 Å². The molecule has 7 heteroatoms. The van der Waals surface area contributed by atoms with Crippen molar-refractivity contribution < 1.29 is 12.8 Å². The van der Waals surface area contributed by atoms with E-state index in [1.807, 2.05) is 12.2 Å². The van der Waals surface area contributed by atoms with Gasteiger partial charge in [-0.3, -0.25) is 0 Å². The van der Waals surface area contributed by atoms with Gasteiger partial charge in [-0.05, 0) is 22.4 Å². The molecule has 1 aliphatic rings. The number of hydrogen-bond donors (Lipinski definition) is 1. The van der Waals surface area contributed by atoms with Crippen LogP contribution in [0.3, 0.4) is 0 Å². The lowest BCUT2D eigenvalue weighted by atomic mass is 10.3. The zero-order valence-corrected chi connectivity index (χ0v) is 11.5. The minimum Gasteiger partial charge on any atom is -0.452 e. The van der Waals surface area contributed by atoms with Gasteiger partial charge >= 0.3 is 0 Å². The molecule has 0 amide bonds. The summed E-state index contributed by atoms with van der Waals surface area (Å²) in [5.41, 5.74) is 5.42. The minimum atomic E-state index is -3.50.